The van der Waals surface area contributed by atoms with Crippen LogP contribution in [-0.4, -0.2) is 44.8 Å². The molecular weight excluding hydrogens is 359 g/mol. The fourth-order valence-electron chi connectivity index (χ4n) is 2.91. The number of H-pyrrole nitrogens is 1. The minimum absolute atomic E-state index is 0.236. The highest BCUT2D eigenvalue weighted by atomic mass is 19.1. The van der Waals surface area contributed by atoms with Crippen molar-refractivity contribution in [1.82, 2.24) is 15.6 Å². The molecule has 28 heavy (non-hydrogen) atoms. The van der Waals surface area contributed by atoms with Gasteiger partial charge in [-0.3, -0.25) is 4.99 Å². The molecule has 0 fully saturated rings. The number of nitrogens with one attached hydrogen (secondary N) is 3. The summed E-state index contributed by atoms with van der Waals surface area (Å²) in [5, 5.41) is 7.54. The zero-order valence-electron chi connectivity index (χ0n) is 16.1. The third-order valence-electron chi connectivity index (χ3n) is 4.36. The standard InChI is InChI=1S/C21H25FN4O2/c1-23-21(25-11-12-28-18-6-4-17(27-2)5-7-18)24-10-9-15-14-26-20-13-16(22)3-8-19(15)20/h3-8,13-14,26H,9-12H2,1-2H3,(H2,23,24,25). The lowest BCUT2D eigenvalue weighted by molar-refractivity contribution is 0.321. The molecule has 0 atom stereocenters. The van der Waals surface area contributed by atoms with E-state index in [1.807, 2.05) is 30.5 Å². The number of hydrogen-bond acceptors (Lipinski definition) is 3. The Labute approximate surface area is 163 Å². The topological polar surface area (TPSA) is 70.7 Å². The Kier molecular flexibility index (Phi) is 6.73. The predicted molar refractivity (Wildman–Crippen MR) is 110 cm³/mol. The SMILES string of the molecule is CN=C(NCCOc1ccc(OC)cc1)NCCc1c[nH]c2cc(F)ccc12. The highest BCUT2D eigenvalue weighted by Gasteiger charge is 2.05. The van der Waals surface area contributed by atoms with E-state index in [0.29, 0.717) is 25.7 Å². The van der Waals surface area contributed by atoms with Gasteiger partial charge >= 0.3 is 0 Å². The van der Waals surface area contributed by atoms with Crippen LogP contribution in [0.2, 0.25) is 0 Å². The average molecular weight is 384 g/mol. The van der Waals surface area contributed by atoms with Crippen molar-refractivity contribution in [1.29, 1.82) is 0 Å². The Morgan fingerprint density at radius 1 is 1.07 bits per heavy atom. The van der Waals surface area contributed by atoms with Crippen LogP contribution >= 0.6 is 0 Å². The second kappa shape index (κ2) is 9.64. The number of ether oxygens (including phenoxy) is 2. The van der Waals surface area contributed by atoms with E-state index in [9.17, 15) is 4.39 Å². The molecule has 2 aromatic carbocycles. The number of guanidine groups is 1. The molecule has 0 bridgehead atoms. The van der Waals surface area contributed by atoms with Gasteiger partial charge in [-0.25, -0.2) is 4.39 Å². The van der Waals surface area contributed by atoms with Gasteiger partial charge in [0.1, 0.15) is 23.9 Å². The molecule has 0 radical (unpaired) electrons. The number of nitrogens with zero attached hydrogens (tertiary/aromatic N) is 1. The molecule has 0 unspecified atom stereocenters. The molecule has 0 saturated carbocycles. The number of fused-ring (bicyclic) bond motifs is 1. The van der Waals surface area contributed by atoms with Crippen LogP contribution in [0.25, 0.3) is 10.9 Å². The molecule has 1 heterocycles. The second-order valence-corrected chi connectivity index (χ2v) is 6.20. The summed E-state index contributed by atoms with van der Waals surface area (Å²) in [5.41, 5.74) is 1.95. The van der Waals surface area contributed by atoms with E-state index in [4.69, 9.17) is 9.47 Å². The number of benzene rings is 2. The smallest absolute Gasteiger partial charge is 0.191 e. The summed E-state index contributed by atoms with van der Waals surface area (Å²) >= 11 is 0. The molecule has 0 spiro atoms. The monoisotopic (exact) mass is 384 g/mol. The van der Waals surface area contributed by atoms with Gasteiger partial charge < -0.3 is 25.1 Å². The lowest BCUT2D eigenvalue weighted by Crippen LogP contribution is -2.40. The summed E-state index contributed by atoms with van der Waals surface area (Å²) in [6, 6.07) is 12.3. The minimum atomic E-state index is -0.236. The van der Waals surface area contributed by atoms with Gasteiger partial charge in [0.15, 0.2) is 5.96 Å². The van der Waals surface area contributed by atoms with Gasteiger partial charge in [0, 0.05) is 30.7 Å². The summed E-state index contributed by atoms with van der Waals surface area (Å²) in [6.07, 6.45) is 2.72. The normalized spacial score (nSPS) is 11.5. The van der Waals surface area contributed by atoms with Crippen LogP contribution < -0.4 is 20.1 Å². The van der Waals surface area contributed by atoms with E-state index < -0.39 is 0 Å². The Hall–Kier alpha value is -3.22. The van der Waals surface area contributed by atoms with Crippen molar-refractivity contribution in [3.05, 3.63) is 60.0 Å². The molecule has 6 nitrogen and oxygen atoms in total. The summed E-state index contributed by atoms with van der Waals surface area (Å²) in [7, 11) is 3.37. The molecule has 0 saturated heterocycles. The van der Waals surface area contributed by atoms with Crippen LogP contribution in [-0.2, 0) is 6.42 Å². The quantitative estimate of drug-likeness (QED) is 0.317. The molecule has 0 aliphatic heterocycles. The third-order valence-corrected chi connectivity index (χ3v) is 4.36. The second-order valence-electron chi connectivity index (χ2n) is 6.20. The Bertz CT molecular complexity index is 922. The summed E-state index contributed by atoms with van der Waals surface area (Å²) < 4.78 is 24.1. The number of methoxy groups -OCH3 is 1. The van der Waals surface area contributed by atoms with Crippen molar-refractivity contribution < 1.29 is 13.9 Å². The van der Waals surface area contributed by atoms with Crippen LogP contribution in [0, 0.1) is 5.82 Å². The zero-order chi connectivity index (χ0) is 19.8. The van der Waals surface area contributed by atoms with Crippen molar-refractivity contribution in [3.8, 4) is 11.5 Å². The van der Waals surface area contributed by atoms with Gasteiger partial charge in [0.25, 0.3) is 0 Å². The molecule has 0 amide bonds. The predicted octanol–water partition coefficient (Wildman–Crippen LogP) is 3.10. The minimum Gasteiger partial charge on any atom is -0.497 e. The molecule has 1 aromatic heterocycles. The van der Waals surface area contributed by atoms with Gasteiger partial charge in [-0.2, -0.15) is 0 Å². The summed E-state index contributed by atoms with van der Waals surface area (Å²) in [6.45, 7) is 1.85. The highest BCUT2D eigenvalue weighted by Crippen LogP contribution is 2.19. The lowest BCUT2D eigenvalue weighted by atomic mass is 10.1. The van der Waals surface area contributed by atoms with Crippen molar-refractivity contribution in [2.24, 2.45) is 4.99 Å². The van der Waals surface area contributed by atoms with Gasteiger partial charge in [-0.1, -0.05) is 0 Å². The van der Waals surface area contributed by atoms with E-state index >= 15 is 0 Å². The molecule has 0 aliphatic carbocycles. The fourth-order valence-corrected chi connectivity index (χ4v) is 2.91. The largest absolute Gasteiger partial charge is 0.497 e. The molecule has 0 aliphatic rings. The van der Waals surface area contributed by atoms with Crippen LogP contribution in [0.4, 0.5) is 4.39 Å². The van der Waals surface area contributed by atoms with E-state index in [2.05, 4.69) is 20.6 Å². The number of aromatic amines is 1. The first-order valence-electron chi connectivity index (χ1n) is 9.16. The van der Waals surface area contributed by atoms with Crippen LogP contribution in [0.5, 0.6) is 11.5 Å². The zero-order valence-corrected chi connectivity index (χ0v) is 16.1. The first-order valence-corrected chi connectivity index (χ1v) is 9.16. The highest BCUT2D eigenvalue weighted by molar-refractivity contribution is 5.83. The molecule has 3 aromatic rings. The van der Waals surface area contributed by atoms with Crippen LogP contribution in [0.1, 0.15) is 5.56 Å². The number of rotatable bonds is 8. The molecule has 3 rings (SSSR count). The third kappa shape index (κ3) is 5.16. The maximum atomic E-state index is 13.3. The maximum Gasteiger partial charge on any atom is 0.191 e. The molecular formula is C21H25FN4O2. The molecule has 3 N–H and O–H groups in total. The number of hydrogen-bond donors (Lipinski definition) is 3. The molecule has 7 heteroatoms. The number of aromatic nitrogens is 1. The van der Waals surface area contributed by atoms with Gasteiger partial charge in [0.05, 0.1) is 13.7 Å². The fraction of sp³-hybridized carbons (Fsp3) is 0.286. The van der Waals surface area contributed by atoms with Gasteiger partial charge in [0.2, 0.25) is 0 Å². The van der Waals surface area contributed by atoms with Crippen molar-refractivity contribution in [2.75, 3.05) is 33.9 Å². The molecule has 148 valence electrons. The summed E-state index contributed by atoms with van der Waals surface area (Å²) in [4.78, 5) is 7.32. The van der Waals surface area contributed by atoms with Crippen molar-refractivity contribution in [2.45, 2.75) is 6.42 Å². The van der Waals surface area contributed by atoms with Crippen LogP contribution in [0.3, 0.4) is 0 Å². The lowest BCUT2D eigenvalue weighted by Gasteiger charge is -2.12. The first kappa shape index (κ1) is 19.5. The van der Waals surface area contributed by atoms with Crippen molar-refractivity contribution in [3.63, 3.8) is 0 Å². The van der Waals surface area contributed by atoms with Crippen LogP contribution in [0.15, 0.2) is 53.7 Å². The Morgan fingerprint density at radius 2 is 1.82 bits per heavy atom. The maximum absolute atomic E-state index is 13.3. The van der Waals surface area contributed by atoms with E-state index in [-0.39, 0.29) is 5.82 Å². The van der Waals surface area contributed by atoms with Gasteiger partial charge in [-0.15, -0.1) is 0 Å². The van der Waals surface area contributed by atoms with Gasteiger partial charge in [-0.05, 0) is 54.4 Å². The Morgan fingerprint density at radius 3 is 2.57 bits per heavy atom. The van der Waals surface area contributed by atoms with E-state index in [0.717, 1.165) is 34.4 Å². The first-order chi connectivity index (χ1) is 13.7. The average Bonchev–Trinajstić information content (AvgIpc) is 3.12. The Balaban J connectivity index is 1.39. The summed E-state index contributed by atoms with van der Waals surface area (Å²) in [5.74, 6) is 2.07. The van der Waals surface area contributed by atoms with E-state index in [1.165, 1.54) is 12.1 Å². The number of halogens is 1. The van der Waals surface area contributed by atoms with E-state index in [1.54, 1.807) is 20.2 Å². The van der Waals surface area contributed by atoms with Crippen molar-refractivity contribution >= 4 is 16.9 Å². The number of aliphatic imine (C=N–C) groups is 1.